The predicted octanol–water partition coefficient (Wildman–Crippen LogP) is 4.00. The van der Waals surface area contributed by atoms with Gasteiger partial charge >= 0.3 is 6.36 Å². The van der Waals surface area contributed by atoms with Crippen LogP contribution in [-0.2, 0) is 11.3 Å². The third-order valence-electron chi connectivity index (χ3n) is 5.39. The molecule has 0 radical (unpaired) electrons. The van der Waals surface area contributed by atoms with Crippen molar-refractivity contribution in [3.63, 3.8) is 0 Å². The highest BCUT2D eigenvalue weighted by Gasteiger charge is 2.31. The Balaban J connectivity index is 1.25. The molecule has 1 fully saturated rings. The van der Waals surface area contributed by atoms with Crippen molar-refractivity contribution >= 4 is 12.0 Å². The maximum Gasteiger partial charge on any atom is 0.573 e. The third-order valence-corrected chi connectivity index (χ3v) is 5.39. The number of halogens is 3. The molecule has 11 heteroatoms. The standard InChI is InChI=1S/C24H23F3N4O4/c1-33-19-9-5-18(6-10-19)23-28-21(35-29-23)16-30-12-14-31(15-13-30)22(32)11-4-17-2-7-20(8-3-17)34-24(25,26)27/h2-11H,12-16H2,1H3. The predicted molar refractivity (Wildman–Crippen MR) is 120 cm³/mol. The van der Waals surface area contributed by atoms with Crippen LogP contribution in [-0.4, -0.2) is 65.5 Å². The highest BCUT2D eigenvalue weighted by atomic mass is 19.4. The van der Waals surface area contributed by atoms with E-state index in [9.17, 15) is 18.0 Å². The molecule has 2 heterocycles. The van der Waals surface area contributed by atoms with Gasteiger partial charge < -0.3 is 18.9 Å². The van der Waals surface area contributed by atoms with E-state index in [0.717, 1.165) is 11.3 Å². The van der Waals surface area contributed by atoms with E-state index in [1.807, 2.05) is 24.3 Å². The van der Waals surface area contributed by atoms with Crippen LogP contribution in [0.3, 0.4) is 0 Å². The fourth-order valence-corrected chi connectivity index (χ4v) is 3.55. The van der Waals surface area contributed by atoms with Crippen molar-refractivity contribution in [2.24, 2.45) is 0 Å². The van der Waals surface area contributed by atoms with Gasteiger partial charge in [0.25, 0.3) is 0 Å². The minimum absolute atomic E-state index is 0.167. The molecule has 0 saturated carbocycles. The molecule has 4 rings (SSSR count). The number of carbonyl (C=O) groups excluding carboxylic acids is 1. The van der Waals surface area contributed by atoms with Gasteiger partial charge in [0.1, 0.15) is 11.5 Å². The molecular formula is C24H23F3N4O4. The number of alkyl halides is 3. The normalized spacial score (nSPS) is 14.9. The number of aromatic nitrogens is 2. The number of benzene rings is 2. The van der Waals surface area contributed by atoms with Gasteiger partial charge in [-0.05, 0) is 48.0 Å². The molecule has 1 aliphatic heterocycles. The van der Waals surface area contributed by atoms with Crippen LogP contribution >= 0.6 is 0 Å². The summed E-state index contributed by atoms with van der Waals surface area (Å²) in [6.45, 7) is 2.82. The number of piperazine rings is 1. The maximum atomic E-state index is 12.5. The largest absolute Gasteiger partial charge is 0.573 e. The number of rotatable bonds is 7. The van der Waals surface area contributed by atoms with Gasteiger partial charge in [0.15, 0.2) is 0 Å². The zero-order valence-corrected chi connectivity index (χ0v) is 18.9. The van der Waals surface area contributed by atoms with Crippen LogP contribution in [0, 0.1) is 0 Å². The van der Waals surface area contributed by atoms with Crippen molar-refractivity contribution in [2.75, 3.05) is 33.3 Å². The van der Waals surface area contributed by atoms with E-state index in [-0.39, 0.29) is 11.7 Å². The van der Waals surface area contributed by atoms with Crippen molar-refractivity contribution in [3.05, 3.63) is 66.1 Å². The second-order valence-corrected chi connectivity index (χ2v) is 7.79. The number of methoxy groups -OCH3 is 1. The number of amides is 1. The average Bonchev–Trinajstić information content (AvgIpc) is 3.31. The minimum Gasteiger partial charge on any atom is -0.497 e. The molecule has 0 atom stereocenters. The van der Waals surface area contributed by atoms with Crippen LogP contribution in [0.15, 0.2) is 59.1 Å². The summed E-state index contributed by atoms with van der Waals surface area (Å²) in [5.74, 6) is 1.26. The first-order chi connectivity index (χ1) is 16.8. The fraction of sp³-hybridized carbons (Fsp3) is 0.292. The summed E-state index contributed by atoms with van der Waals surface area (Å²) in [4.78, 5) is 20.8. The molecule has 1 aliphatic rings. The van der Waals surface area contributed by atoms with Crippen LogP contribution in [0.1, 0.15) is 11.5 Å². The van der Waals surface area contributed by atoms with Gasteiger partial charge in [-0.2, -0.15) is 4.98 Å². The Bertz CT molecular complexity index is 1150. The molecule has 2 aromatic carbocycles. The quantitative estimate of drug-likeness (QED) is 0.465. The van der Waals surface area contributed by atoms with Crippen LogP contribution in [0.5, 0.6) is 11.5 Å². The zero-order valence-electron chi connectivity index (χ0n) is 18.9. The van der Waals surface area contributed by atoms with Crippen molar-refractivity contribution in [1.29, 1.82) is 0 Å². The smallest absolute Gasteiger partial charge is 0.497 e. The molecule has 8 nitrogen and oxygen atoms in total. The Labute approximate surface area is 199 Å². The Hall–Kier alpha value is -3.86. The third kappa shape index (κ3) is 6.82. The zero-order chi connectivity index (χ0) is 24.8. The van der Waals surface area contributed by atoms with Crippen molar-refractivity contribution in [2.45, 2.75) is 12.9 Å². The monoisotopic (exact) mass is 488 g/mol. The first kappa shape index (κ1) is 24.3. The van der Waals surface area contributed by atoms with E-state index in [4.69, 9.17) is 9.26 Å². The Kier molecular flexibility index (Phi) is 7.35. The number of nitrogens with zero attached hydrogens (tertiary/aromatic N) is 4. The van der Waals surface area contributed by atoms with Gasteiger partial charge in [0.05, 0.1) is 13.7 Å². The highest BCUT2D eigenvalue weighted by Crippen LogP contribution is 2.23. The molecule has 0 spiro atoms. The Morgan fingerprint density at radius 1 is 1.03 bits per heavy atom. The summed E-state index contributed by atoms with van der Waals surface area (Å²) in [6.07, 6.45) is -1.77. The fourth-order valence-electron chi connectivity index (χ4n) is 3.55. The summed E-state index contributed by atoms with van der Waals surface area (Å²) in [7, 11) is 1.60. The van der Waals surface area contributed by atoms with Gasteiger partial charge in [-0.25, -0.2) is 0 Å². The van der Waals surface area contributed by atoms with E-state index in [1.165, 1.54) is 30.3 Å². The van der Waals surface area contributed by atoms with Crippen LogP contribution in [0.4, 0.5) is 13.2 Å². The van der Waals surface area contributed by atoms with Crippen molar-refractivity contribution < 1.29 is 32.0 Å². The van der Waals surface area contributed by atoms with Crippen LogP contribution in [0.2, 0.25) is 0 Å². The SMILES string of the molecule is COc1ccc(-c2noc(CN3CCN(C(=O)C=Cc4ccc(OC(F)(F)F)cc4)CC3)n2)cc1. The van der Waals surface area contributed by atoms with Crippen molar-refractivity contribution in [1.82, 2.24) is 19.9 Å². The average molecular weight is 488 g/mol. The topological polar surface area (TPSA) is 80.9 Å². The lowest BCUT2D eigenvalue weighted by Crippen LogP contribution is -2.47. The van der Waals surface area contributed by atoms with E-state index in [0.29, 0.717) is 50.0 Å². The number of carbonyl (C=O) groups is 1. The second kappa shape index (κ2) is 10.6. The van der Waals surface area contributed by atoms with Gasteiger partial charge in [-0.15, -0.1) is 13.2 Å². The van der Waals surface area contributed by atoms with Gasteiger partial charge in [-0.3, -0.25) is 9.69 Å². The molecule has 1 aromatic heterocycles. The van der Waals surface area contributed by atoms with E-state index >= 15 is 0 Å². The summed E-state index contributed by atoms with van der Waals surface area (Å²) in [5.41, 5.74) is 1.42. The molecule has 0 aliphatic carbocycles. The molecule has 0 unspecified atom stereocenters. The lowest BCUT2D eigenvalue weighted by molar-refractivity contribution is -0.274. The lowest BCUT2D eigenvalue weighted by Gasteiger charge is -2.33. The van der Waals surface area contributed by atoms with E-state index < -0.39 is 6.36 Å². The maximum absolute atomic E-state index is 12.5. The second-order valence-electron chi connectivity index (χ2n) is 7.79. The van der Waals surface area contributed by atoms with E-state index in [1.54, 1.807) is 18.1 Å². The molecular weight excluding hydrogens is 465 g/mol. The lowest BCUT2D eigenvalue weighted by atomic mass is 10.2. The summed E-state index contributed by atoms with van der Waals surface area (Å²) >= 11 is 0. The highest BCUT2D eigenvalue weighted by molar-refractivity contribution is 5.91. The Morgan fingerprint density at radius 2 is 1.69 bits per heavy atom. The first-order valence-electron chi connectivity index (χ1n) is 10.8. The molecule has 184 valence electrons. The van der Waals surface area contributed by atoms with Crippen LogP contribution in [0.25, 0.3) is 17.5 Å². The van der Waals surface area contributed by atoms with E-state index in [2.05, 4.69) is 19.8 Å². The number of hydrogen-bond donors (Lipinski definition) is 0. The van der Waals surface area contributed by atoms with Gasteiger partial charge in [0.2, 0.25) is 17.6 Å². The molecule has 0 bridgehead atoms. The molecule has 1 saturated heterocycles. The summed E-state index contributed by atoms with van der Waals surface area (Å²) in [6, 6.07) is 12.7. The van der Waals surface area contributed by atoms with Gasteiger partial charge in [-0.1, -0.05) is 17.3 Å². The first-order valence-corrected chi connectivity index (χ1v) is 10.8. The molecule has 35 heavy (non-hydrogen) atoms. The van der Waals surface area contributed by atoms with Crippen molar-refractivity contribution in [3.8, 4) is 22.9 Å². The molecule has 0 N–H and O–H groups in total. The number of hydrogen-bond acceptors (Lipinski definition) is 7. The number of ether oxygens (including phenoxy) is 2. The summed E-state index contributed by atoms with van der Waals surface area (Å²) < 4.78 is 51.1. The molecule has 1 amide bonds. The molecule has 3 aromatic rings. The minimum atomic E-state index is -4.74. The van der Waals surface area contributed by atoms with Gasteiger partial charge in [0, 0.05) is 37.8 Å². The Morgan fingerprint density at radius 3 is 2.31 bits per heavy atom. The van der Waals surface area contributed by atoms with Crippen LogP contribution < -0.4 is 9.47 Å². The summed E-state index contributed by atoms with van der Waals surface area (Å²) in [5, 5.41) is 4.04.